The van der Waals surface area contributed by atoms with Crippen molar-refractivity contribution >= 4 is 6.08 Å². The average Bonchev–Trinajstić information content (AvgIpc) is 3.23. The lowest BCUT2D eigenvalue weighted by atomic mass is 10.1. The number of aryl methyl sites for hydroxylation is 1. The van der Waals surface area contributed by atoms with Gasteiger partial charge in [0.05, 0.1) is 12.3 Å². The number of aromatic nitrogens is 1. The molecule has 168 valence electrons. The summed E-state index contributed by atoms with van der Waals surface area (Å²) in [6.07, 6.45) is 5.84. The molecule has 0 N–H and O–H groups in total. The van der Waals surface area contributed by atoms with Gasteiger partial charge in [0.1, 0.15) is 23.9 Å². The van der Waals surface area contributed by atoms with E-state index in [1.165, 1.54) is 0 Å². The van der Waals surface area contributed by atoms with Crippen LogP contribution in [0.4, 0.5) is 0 Å². The minimum absolute atomic E-state index is 0.497. The summed E-state index contributed by atoms with van der Waals surface area (Å²) >= 11 is 0. The fraction of sp³-hybridized carbons (Fsp3) is 0.207. The number of allylic oxidation sites excluding steroid dienone is 1. The highest BCUT2D eigenvalue weighted by molar-refractivity contribution is 5.59. The molecular weight excluding hydrogens is 410 g/mol. The maximum Gasteiger partial charge on any atom is 0.226 e. The molecular formula is C29H29NO3. The second kappa shape index (κ2) is 11.2. The van der Waals surface area contributed by atoms with Gasteiger partial charge in [0.2, 0.25) is 5.89 Å². The fourth-order valence-corrected chi connectivity index (χ4v) is 3.47. The van der Waals surface area contributed by atoms with Crippen molar-refractivity contribution in [2.24, 2.45) is 0 Å². The molecule has 0 aliphatic rings. The van der Waals surface area contributed by atoms with Crippen LogP contribution < -0.4 is 9.47 Å². The summed E-state index contributed by atoms with van der Waals surface area (Å²) in [4.78, 5) is 4.68. The number of oxazole rings is 1. The van der Waals surface area contributed by atoms with Gasteiger partial charge < -0.3 is 13.9 Å². The van der Waals surface area contributed by atoms with Crippen molar-refractivity contribution in [1.82, 2.24) is 4.98 Å². The van der Waals surface area contributed by atoms with E-state index in [9.17, 15) is 0 Å². The summed E-state index contributed by atoms with van der Waals surface area (Å²) in [5, 5.41) is 0. The SMILES string of the molecule is CCC=Cc1ccc(OCc2ccccc2)cc1OCCc1nc(-c2ccccc2)oc1C. The molecule has 0 saturated heterocycles. The molecule has 1 heterocycles. The highest BCUT2D eigenvalue weighted by Gasteiger charge is 2.12. The normalized spacial score (nSPS) is 11.1. The van der Waals surface area contributed by atoms with E-state index in [1.54, 1.807) is 0 Å². The fourth-order valence-electron chi connectivity index (χ4n) is 3.47. The van der Waals surface area contributed by atoms with Crippen LogP contribution in [0, 0.1) is 6.92 Å². The molecule has 3 aromatic carbocycles. The van der Waals surface area contributed by atoms with Crippen molar-refractivity contribution in [3.63, 3.8) is 0 Å². The Kier molecular flexibility index (Phi) is 7.60. The summed E-state index contributed by atoms with van der Waals surface area (Å²) in [5.41, 5.74) is 4.05. The van der Waals surface area contributed by atoms with Crippen LogP contribution >= 0.6 is 0 Å². The smallest absolute Gasteiger partial charge is 0.226 e. The van der Waals surface area contributed by atoms with Crippen molar-refractivity contribution in [3.05, 3.63) is 108 Å². The third-order valence-electron chi connectivity index (χ3n) is 5.28. The van der Waals surface area contributed by atoms with Crippen LogP contribution in [-0.4, -0.2) is 11.6 Å². The first-order valence-electron chi connectivity index (χ1n) is 11.3. The lowest BCUT2D eigenvalue weighted by Gasteiger charge is -2.12. The standard InChI is InChI=1S/C29H29NO3/c1-3-4-13-24-16-17-26(32-21-23-11-7-5-8-12-23)20-28(24)31-19-18-27-22(2)33-29(30-27)25-14-9-6-10-15-25/h4-17,20H,3,18-19,21H2,1-2H3. The Morgan fingerprint density at radius 2 is 1.67 bits per heavy atom. The van der Waals surface area contributed by atoms with Crippen molar-refractivity contribution in [3.8, 4) is 23.0 Å². The van der Waals surface area contributed by atoms with Gasteiger partial charge in [0.25, 0.3) is 0 Å². The van der Waals surface area contributed by atoms with E-state index in [4.69, 9.17) is 13.9 Å². The summed E-state index contributed by atoms with van der Waals surface area (Å²) < 4.78 is 18.1. The molecule has 0 radical (unpaired) electrons. The molecule has 4 aromatic rings. The van der Waals surface area contributed by atoms with Crippen molar-refractivity contribution in [2.45, 2.75) is 33.3 Å². The largest absolute Gasteiger partial charge is 0.492 e. The van der Waals surface area contributed by atoms with E-state index in [1.807, 2.05) is 73.7 Å². The Bertz CT molecular complexity index is 1180. The Balaban J connectivity index is 1.43. The highest BCUT2D eigenvalue weighted by Crippen LogP contribution is 2.28. The van der Waals surface area contributed by atoms with Crippen LogP contribution in [0.5, 0.6) is 11.5 Å². The number of benzene rings is 3. The quantitative estimate of drug-likeness (QED) is 0.261. The molecule has 0 saturated carbocycles. The van der Waals surface area contributed by atoms with E-state index in [0.29, 0.717) is 25.5 Å². The van der Waals surface area contributed by atoms with Gasteiger partial charge in [-0.1, -0.05) is 67.6 Å². The van der Waals surface area contributed by atoms with Gasteiger partial charge in [0.15, 0.2) is 0 Å². The summed E-state index contributed by atoms with van der Waals surface area (Å²) in [7, 11) is 0. The minimum atomic E-state index is 0.497. The Morgan fingerprint density at radius 3 is 2.42 bits per heavy atom. The predicted octanol–water partition coefficient (Wildman–Crippen LogP) is 7.27. The van der Waals surface area contributed by atoms with Crippen LogP contribution in [-0.2, 0) is 13.0 Å². The van der Waals surface area contributed by atoms with E-state index < -0.39 is 0 Å². The molecule has 0 spiro atoms. The van der Waals surface area contributed by atoms with E-state index in [2.05, 4.69) is 36.2 Å². The average molecular weight is 440 g/mol. The van der Waals surface area contributed by atoms with E-state index >= 15 is 0 Å². The van der Waals surface area contributed by atoms with Crippen LogP contribution in [0.15, 0.2) is 89.4 Å². The molecule has 0 atom stereocenters. The second-order valence-corrected chi connectivity index (χ2v) is 7.77. The number of hydrogen-bond donors (Lipinski definition) is 0. The number of ether oxygens (including phenoxy) is 2. The first kappa shape index (κ1) is 22.4. The summed E-state index contributed by atoms with van der Waals surface area (Å²) in [6, 6.07) is 26.1. The topological polar surface area (TPSA) is 44.5 Å². The van der Waals surface area contributed by atoms with Crippen LogP contribution in [0.1, 0.15) is 35.9 Å². The zero-order valence-corrected chi connectivity index (χ0v) is 19.2. The highest BCUT2D eigenvalue weighted by atomic mass is 16.5. The molecule has 4 heteroatoms. The first-order valence-corrected chi connectivity index (χ1v) is 11.3. The predicted molar refractivity (Wildman–Crippen MR) is 132 cm³/mol. The van der Waals surface area contributed by atoms with Crippen LogP contribution in [0.2, 0.25) is 0 Å². The van der Waals surface area contributed by atoms with Gasteiger partial charge in [-0.3, -0.25) is 0 Å². The Labute approximate surface area is 195 Å². The lowest BCUT2D eigenvalue weighted by Crippen LogP contribution is -2.04. The molecule has 4 nitrogen and oxygen atoms in total. The van der Waals surface area contributed by atoms with Gasteiger partial charge in [-0.2, -0.15) is 0 Å². The Morgan fingerprint density at radius 1 is 0.909 bits per heavy atom. The van der Waals surface area contributed by atoms with Gasteiger partial charge >= 0.3 is 0 Å². The zero-order valence-electron chi connectivity index (χ0n) is 19.2. The lowest BCUT2D eigenvalue weighted by molar-refractivity contribution is 0.295. The van der Waals surface area contributed by atoms with Crippen LogP contribution in [0.25, 0.3) is 17.5 Å². The third kappa shape index (κ3) is 6.13. The van der Waals surface area contributed by atoms with Gasteiger partial charge in [-0.15, -0.1) is 0 Å². The summed E-state index contributed by atoms with van der Waals surface area (Å²) in [5.74, 6) is 3.05. The molecule has 4 rings (SSSR count). The van der Waals surface area contributed by atoms with Gasteiger partial charge in [-0.05, 0) is 43.2 Å². The van der Waals surface area contributed by atoms with Crippen molar-refractivity contribution in [2.75, 3.05) is 6.61 Å². The zero-order chi connectivity index (χ0) is 22.9. The maximum atomic E-state index is 6.19. The second-order valence-electron chi connectivity index (χ2n) is 7.77. The summed E-state index contributed by atoms with van der Waals surface area (Å²) in [6.45, 7) is 5.08. The molecule has 0 unspecified atom stereocenters. The van der Waals surface area contributed by atoms with Crippen LogP contribution in [0.3, 0.4) is 0 Å². The maximum absolute atomic E-state index is 6.19. The van der Waals surface area contributed by atoms with Gasteiger partial charge in [0, 0.05) is 23.6 Å². The third-order valence-corrected chi connectivity index (χ3v) is 5.28. The molecule has 33 heavy (non-hydrogen) atoms. The molecule has 0 aliphatic heterocycles. The molecule has 1 aromatic heterocycles. The molecule has 0 aliphatic carbocycles. The van der Waals surface area contributed by atoms with E-state index in [-0.39, 0.29) is 0 Å². The number of nitrogens with zero attached hydrogens (tertiary/aromatic N) is 1. The van der Waals surface area contributed by atoms with E-state index in [0.717, 1.165) is 46.1 Å². The van der Waals surface area contributed by atoms with Crippen molar-refractivity contribution < 1.29 is 13.9 Å². The monoisotopic (exact) mass is 439 g/mol. The first-order chi connectivity index (χ1) is 16.2. The molecule has 0 amide bonds. The number of rotatable bonds is 10. The molecule has 0 fully saturated rings. The number of hydrogen-bond acceptors (Lipinski definition) is 4. The molecule has 0 bridgehead atoms. The Hall–Kier alpha value is -3.79. The van der Waals surface area contributed by atoms with Gasteiger partial charge in [-0.25, -0.2) is 4.98 Å². The minimum Gasteiger partial charge on any atom is -0.492 e. The van der Waals surface area contributed by atoms with Crippen molar-refractivity contribution in [1.29, 1.82) is 0 Å².